The number of amides is 1. The van der Waals surface area contributed by atoms with E-state index in [2.05, 4.69) is 0 Å². The molecule has 0 bridgehead atoms. The highest BCUT2D eigenvalue weighted by Gasteiger charge is 2.43. The van der Waals surface area contributed by atoms with E-state index in [4.69, 9.17) is 4.74 Å². The van der Waals surface area contributed by atoms with Gasteiger partial charge in [0.1, 0.15) is 5.60 Å². The van der Waals surface area contributed by atoms with E-state index < -0.39 is 17.3 Å². The van der Waals surface area contributed by atoms with Crippen molar-refractivity contribution in [2.75, 3.05) is 6.54 Å². The van der Waals surface area contributed by atoms with Gasteiger partial charge in [-0.25, -0.2) is 4.79 Å². The van der Waals surface area contributed by atoms with Gasteiger partial charge >= 0.3 is 12.3 Å². The fraction of sp³-hybridized carbons (Fsp3) is 0.650. The minimum absolute atomic E-state index is 0.171. The Labute approximate surface area is 153 Å². The normalized spacial score (nSPS) is 22.1. The summed E-state index contributed by atoms with van der Waals surface area (Å²) in [4.78, 5) is 14.2. The number of alkyl halides is 3. The highest BCUT2D eigenvalue weighted by molar-refractivity contribution is 5.69. The predicted octanol–water partition coefficient (Wildman–Crippen LogP) is 5.98. The number of likely N-dealkylation sites (tertiary alicyclic amines) is 1. The van der Waals surface area contributed by atoms with E-state index in [1.54, 1.807) is 4.90 Å². The number of hydrogen-bond acceptors (Lipinski definition) is 2. The molecule has 3 nitrogen and oxygen atoms in total. The molecule has 146 valence electrons. The Morgan fingerprint density at radius 3 is 2.42 bits per heavy atom. The van der Waals surface area contributed by atoms with Crippen molar-refractivity contribution in [3.05, 3.63) is 34.9 Å². The second-order valence-electron chi connectivity index (χ2n) is 7.64. The summed E-state index contributed by atoms with van der Waals surface area (Å²) in [6.07, 6.45) is -2.37. The molecule has 2 aliphatic rings. The van der Waals surface area contributed by atoms with Crippen molar-refractivity contribution in [1.29, 1.82) is 0 Å². The Morgan fingerprint density at radius 1 is 1.19 bits per heavy atom. The van der Waals surface area contributed by atoms with Gasteiger partial charge in [0, 0.05) is 6.54 Å². The highest BCUT2D eigenvalue weighted by atomic mass is 19.4. The number of ether oxygens (including phenoxy) is 1. The van der Waals surface area contributed by atoms with Crippen LogP contribution in [0.2, 0.25) is 0 Å². The standard InChI is InChI=1S/C18H22F3NO2.C2H6/c1-17(2,3)24-16(23)22-8-4-5-11-9-12-10-13(18(19,20)21)6-7-14(12)15(11)22;1-2/h6-7,10-11,15H,4-5,8-9H2,1-3H3;1-2H3/t11-,15-;/m1./s1. The van der Waals surface area contributed by atoms with Crippen LogP contribution in [-0.4, -0.2) is 23.1 Å². The fourth-order valence-electron chi connectivity index (χ4n) is 3.77. The topological polar surface area (TPSA) is 29.5 Å². The lowest BCUT2D eigenvalue weighted by Gasteiger charge is -2.38. The minimum atomic E-state index is -4.34. The molecular formula is C20H28F3NO2. The van der Waals surface area contributed by atoms with Crippen molar-refractivity contribution in [2.45, 2.75) is 71.7 Å². The molecule has 2 atom stereocenters. The zero-order valence-corrected chi connectivity index (χ0v) is 16.1. The first-order valence-corrected chi connectivity index (χ1v) is 9.26. The molecule has 1 aromatic rings. The average Bonchev–Trinajstić information content (AvgIpc) is 2.91. The number of nitrogens with zero attached hydrogens (tertiary/aromatic N) is 1. The molecule has 6 heteroatoms. The Morgan fingerprint density at radius 2 is 1.85 bits per heavy atom. The number of carbonyl (C=O) groups is 1. The third-order valence-corrected chi connectivity index (χ3v) is 4.66. The molecule has 0 saturated carbocycles. The van der Waals surface area contributed by atoms with Gasteiger partial charge in [-0.2, -0.15) is 13.2 Å². The van der Waals surface area contributed by atoms with Crippen LogP contribution in [-0.2, 0) is 17.3 Å². The first-order chi connectivity index (χ1) is 12.1. The maximum atomic E-state index is 12.9. The molecule has 0 radical (unpaired) electrons. The van der Waals surface area contributed by atoms with Gasteiger partial charge in [-0.3, -0.25) is 0 Å². The molecule has 0 unspecified atom stereocenters. The largest absolute Gasteiger partial charge is 0.444 e. The average molecular weight is 371 g/mol. The lowest BCUT2D eigenvalue weighted by Crippen LogP contribution is -2.43. The van der Waals surface area contributed by atoms with Crippen molar-refractivity contribution in [1.82, 2.24) is 4.90 Å². The van der Waals surface area contributed by atoms with Crippen LogP contribution in [0.4, 0.5) is 18.0 Å². The lowest BCUT2D eigenvalue weighted by molar-refractivity contribution is -0.137. The maximum Gasteiger partial charge on any atom is 0.416 e. The molecule has 1 saturated heterocycles. The third-order valence-electron chi connectivity index (χ3n) is 4.66. The van der Waals surface area contributed by atoms with E-state index in [1.807, 2.05) is 34.6 Å². The number of carbonyl (C=O) groups excluding carboxylic acids is 1. The molecule has 1 amide bonds. The third kappa shape index (κ3) is 4.33. The van der Waals surface area contributed by atoms with E-state index >= 15 is 0 Å². The summed E-state index contributed by atoms with van der Waals surface area (Å²) in [5.41, 5.74) is 0.323. The van der Waals surface area contributed by atoms with Crippen LogP contribution in [0.15, 0.2) is 18.2 Å². The van der Waals surface area contributed by atoms with Gasteiger partial charge in [0.15, 0.2) is 0 Å². The summed E-state index contributed by atoms with van der Waals surface area (Å²) in [5, 5.41) is 0. The first kappa shape index (κ1) is 20.6. The Balaban J connectivity index is 0.00000117. The summed E-state index contributed by atoms with van der Waals surface area (Å²) in [6, 6.07) is 3.71. The van der Waals surface area contributed by atoms with E-state index in [9.17, 15) is 18.0 Å². The van der Waals surface area contributed by atoms with E-state index in [-0.39, 0.29) is 18.1 Å². The number of hydrogen-bond donors (Lipinski definition) is 0. The molecule has 3 rings (SSSR count). The quantitative estimate of drug-likeness (QED) is 0.562. The van der Waals surface area contributed by atoms with E-state index in [0.717, 1.165) is 24.5 Å². The zero-order chi connectivity index (χ0) is 19.7. The van der Waals surface area contributed by atoms with E-state index in [1.165, 1.54) is 12.1 Å². The van der Waals surface area contributed by atoms with Crippen LogP contribution in [0.5, 0.6) is 0 Å². The number of rotatable bonds is 0. The summed E-state index contributed by atoms with van der Waals surface area (Å²) in [7, 11) is 0. The van der Waals surface area contributed by atoms with Crippen molar-refractivity contribution >= 4 is 6.09 Å². The van der Waals surface area contributed by atoms with Crippen molar-refractivity contribution in [3.63, 3.8) is 0 Å². The second kappa shape index (κ2) is 7.49. The zero-order valence-electron chi connectivity index (χ0n) is 16.1. The number of fused-ring (bicyclic) bond motifs is 3. The van der Waals surface area contributed by atoms with Gasteiger partial charge in [0.05, 0.1) is 11.6 Å². The van der Waals surface area contributed by atoms with Gasteiger partial charge in [0.25, 0.3) is 0 Å². The first-order valence-electron chi connectivity index (χ1n) is 9.26. The molecule has 26 heavy (non-hydrogen) atoms. The predicted molar refractivity (Wildman–Crippen MR) is 94.9 cm³/mol. The Hall–Kier alpha value is -1.72. The summed E-state index contributed by atoms with van der Waals surface area (Å²) in [5.74, 6) is 0.171. The van der Waals surface area contributed by atoms with Gasteiger partial charge in [-0.15, -0.1) is 0 Å². The van der Waals surface area contributed by atoms with Crippen molar-refractivity contribution < 1.29 is 22.7 Å². The number of benzene rings is 1. The maximum absolute atomic E-state index is 12.9. The summed E-state index contributed by atoms with van der Waals surface area (Å²) in [6.45, 7) is 10.0. The molecule has 0 aromatic heterocycles. The molecule has 1 aliphatic heterocycles. The summed E-state index contributed by atoms with van der Waals surface area (Å²) < 4.78 is 44.3. The highest BCUT2D eigenvalue weighted by Crippen LogP contribution is 2.47. The van der Waals surface area contributed by atoms with Gasteiger partial charge in [0.2, 0.25) is 0 Å². The fourth-order valence-corrected chi connectivity index (χ4v) is 3.77. The van der Waals surface area contributed by atoms with Crippen LogP contribution >= 0.6 is 0 Å². The van der Waals surface area contributed by atoms with Crippen molar-refractivity contribution in [3.8, 4) is 0 Å². The monoisotopic (exact) mass is 371 g/mol. The van der Waals surface area contributed by atoms with Crippen LogP contribution in [0.1, 0.15) is 70.2 Å². The van der Waals surface area contributed by atoms with Crippen molar-refractivity contribution in [2.24, 2.45) is 5.92 Å². The Kier molecular flexibility index (Phi) is 5.93. The number of piperidine rings is 1. The minimum Gasteiger partial charge on any atom is -0.444 e. The molecule has 1 aliphatic carbocycles. The second-order valence-corrected chi connectivity index (χ2v) is 7.64. The van der Waals surface area contributed by atoms with Crippen LogP contribution in [0.3, 0.4) is 0 Å². The lowest BCUT2D eigenvalue weighted by atomic mass is 9.90. The van der Waals surface area contributed by atoms with Gasteiger partial charge in [-0.1, -0.05) is 19.9 Å². The number of halogens is 3. The molecule has 1 aromatic carbocycles. The molecule has 1 fully saturated rings. The molecule has 1 heterocycles. The smallest absolute Gasteiger partial charge is 0.416 e. The van der Waals surface area contributed by atoms with Gasteiger partial charge in [-0.05, 0) is 69.2 Å². The van der Waals surface area contributed by atoms with Crippen LogP contribution in [0.25, 0.3) is 0 Å². The van der Waals surface area contributed by atoms with Gasteiger partial charge < -0.3 is 9.64 Å². The van der Waals surface area contributed by atoms with E-state index in [0.29, 0.717) is 18.5 Å². The van der Waals surface area contributed by atoms with Crippen LogP contribution < -0.4 is 0 Å². The molecule has 0 spiro atoms. The molecular weight excluding hydrogens is 343 g/mol. The molecule has 0 N–H and O–H groups in total. The SMILES string of the molecule is CC.CC(C)(C)OC(=O)N1CCC[C@@H]2Cc3cc(C(F)(F)F)ccc3[C@@H]21. The summed E-state index contributed by atoms with van der Waals surface area (Å²) >= 11 is 0. The van der Waals surface area contributed by atoms with Crippen LogP contribution in [0, 0.1) is 5.92 Å². The Bertz CT molecular complexity index is 649.